The summed E-state index contributed by atoms with van der Waals surface area (Å²) in [7, 11) is 0. The smallest absolute Gasteiger partial charge is 0.271 e. The molecule has 28 heavy (non-hydrogen) atoms. The molecule has 0 fully saturated rings. The molecule has 2 N–H and O–H groups in total. The predicted octanol–water partition coefficient (Wildman–Crippen LogP) is 4.60. The second-order valence-electron chi connectivity index (χ2n) is 6.24. The zero-order valence-electron chi connectivity index (χ0n) is 15.9. The molecule has 0 bridgehead atoms. The molecule has 0 atom stereocenters. The van der Waals surface area contributed by atoms with Crippen LogP contribution in [-0.2, 0) is 0 Å². The predicted molar refractivity (Wildman–Crippen MR) is 113 cm³/mol. The lowest BCUT2D eigenvalue weighted by atomic mass is 10.2. The molecule has 2 rings (SSSR count). The summed E-state index contributed by atoms with van der Waals surface area (Å²) in [4.78, 5) is 22.7. The number of carbonyl (C=O) groups is 1. The molecule has 148 valence electrons. The number of nitrogens with zero attached hydrogens (tertiary/aromatic N) is 1. The Morgan fingerprint density at radius 3 is 2.54 bits per heavy atom. The van der Waals surface area contributed by atoms with E-state index in [-0.39, 0.29) is 16.7 Å². The summed E-state index contributed by atoms with van der Waals surface area (Å²) in [6.45, 7) is 4.57. The molecule has 2 aromatic rings. The molecule has 2 aromatic carbocycles. The fraction of sp³-hybridized carbons (Fsp3) is 0.300. The van der Waals surface area contributed by atoms with Crippen molar-refractivity contribution in [1.29, 1.82) is 0 Å². The highest BCUT2D eigenvalue weighted by Crippen LogP contribution is 2.21. The van der Waals surface area contributed by atoms with Crippen LogP contribution >= 0.6 is 12.2 Å². The molecule has 0 unspecified atom stereocenters. The number of hydrogen-bond donors (Lipinski definition) is 2. The number of ether oxygens (including phenoxy) is 1. The van der Waals surface area contributed by atoms with E-state index in [1.807, 2.05) is 0 Å². The van der Waals surface area contributed by atoms with Crippen LogP contribution in [0.2, 0.25) is 0 Å². The van der Waals surface area contributed by atoms with E-state index in [2.05, 4.69) is 17.6 Å². The summed E-state index contributed by atoms with van der Waals surface area (Å²) in [6.07, 6.45) is 3.25. The Labute approximate surface area is 169 Å². The van der Waals surface area contributed by atoms with E-state index in [4.69, 9.17) is 17.0 Å². The van der Waals surface area contributed by atoms with Crippen LogP contribution < -0.4 is 15.4 Å². The summed E-state index contributed by atoms with van der Waals surface area (Å²) in [5.41, 5.74) is 1.61. The highest BCUT2D eigenvalue weighted by Gasteiger charge is 2.12. The van der Waals surface area contributed by atoms with E-state index in [9.17, 15) is 14.9 Å². The molecule has 0 heterocycles. The number of non-ortho nitro benzene ring substituents is 1. The molecule has 0 aromatic heterocycles. The van der Waals surface area contributed by atoms with Crippen LogP contribution in [0.15, 0.2) is 42.5 Å². The van der Waals surface area contributed by atoms with Gasteiger partial charge in [-0.3, -0.25) is 20.2 Å². The third kappa shape index (κ3) is 6.31. The number of aryl methyl sites for hydroxylation is 1. The summed E-state index contributed by atoms with van der Waals surface area (Å²) >= 11 is 5.15. The monoisotopic (exact) mass is 401 g/mol. The zero-order chi connectivity index (χ0) is 20.5. The van der Waals surface area contributed by atoms with Gasteiger partial charge in [0.1, 0.15) is 5.75 Å². The molecule has 0 radical (unpaired) electrons. The van der Waals surface area contributed by atoms with Crippen molar-refractivity contribution < 1.29 is 14.5 Å². The fourth-order valence-electron chi connectivity index (χ4n) is 2.43. The maximum absolute atomic E-state index is 12.3. The molecule has 0 saturated carbocycles. The lowest BCUT2D eigenvalue weighted by molar-refractivity contribution is -0.384. The van der Waals surface area contributed by atoms with Gasteiger partial charge < -0.3 is 10.1 Å². The van der Waals surface area contributed by atoms with E-state index in [1.165, 1.54) is 12.1 Å². The SMILES string of the molecule is CCCCCOc1ccc(C(=O)NC(=S)Nc2cc([N+](=O)[O-])ccc2C)cc1. The maximum Gasteiger partial charge on any atom is 0.271 e. The van der Waals surface area contributed by atoms with Crippen molar-refractivity contribution in [2.45, 2.75) is 33.1 Å². The minimum atomic E-state index is -0.488. The average Bonchev–Trinajstić information content (AvgIpc) is 2.67. The van der Waals surface area contributed by atoms with E-state index in [0.29, 0.717) is 23.6 Å². The molecule has 1 amide bonds. The molecular weight excluding hydrogens is 378 g/mol. The third-order valence-corrected chi connectivity index (χ3v) is 4.24. The number of rotatable bonds is 8. The van der Waals surface area contributed by atoms with E-state index in [1.54, 1.807) is 37.3 Å². The fourth-order valence-corrected chi connectivity index (χ4v) is 2.63. The van der Waals surface area contributed by atoms with E-state index < -0.39 is 4.92 Å². The number of unbranched alkanes of at least 4 members (excludes halogenated alkanes) is 2. The number of hydrogen-bond acceptors (Lipinski definition) is 5. The first kappa shape index (κ1) is 21.3. The van der Waals surface area contributed by atoms with Gasteiger partial charge in [0.25, 0.3) is 11.6 Å². The molecular formula is C20H23N3O4S. The molecule has 0 aliphatic carbocycles. The maximum atomic E-state index is 12.3. The van der Waals surface area contributed by atoms with Gasteiger partial charge in [-0.15, -0.1) is 0 Å². The molecule has 0 spiro atoms. The number of carbonyl (C=O) groups excluding carboxylic acids is 1. The molecule has 8 heteroatoms. The number of nitrogens with one attached hydrogen (secondary N) is 2. The molecule has 0 saturated heterocycles. The van der Waals surface area contributed by atoms with Crippen LogP contribution in [0.3, 0.4) is 0 Å². The minimum Gasteiger partial charge on any atom is -0.494 e. The number of amides is 1. The van der Waals surface area contributed by atoms with Crippen molar-refractivity contribution >= 4 is 34.6 Å². The van der Waals surface area contributed by atoms with Crippen LogP contribution in [0.1, 0.15) is 42.1 Å². The van der Waals surface area contributed by atoms with E-state index in [0.717, 1.165) is 24.8 Å². The first-order chi connectivity index (χ1) is 13.4. The second-order valence-corrected chi connectivity index (χ2v) is 6.65. The second kappa shape index (κ2) is 10.4. The lowest BCUT2D eigenvalue weighted by Crippen LogP contribution is -2.34. The topological polar surface area (TPSA) is 93.5 Å². The number of nitro benzene ring substituents is 1. The summed E-state index contributed by atoms with van der Waals surface area (Å²) in [6, 6.07) is 11.2. The van der Waals surface area contributed by atoms with Gasteiger partial charge in [-0.2, -0.15) is 0 Å². The van der Waals surface area contributed by atoms with Crippen molar-refractivity contribution in [2.75, 3.05) is 11.9 Å². The van der Waals surface area contributed by atoms with Crippen molar-refractivity contribution in [3.63, 3.8) is 0 Å². The van der Waals surface area contributed by atoms with Gasteiger partial charge in [0, 0.05) is 23.4 Å². The highest BCUT2D eigenvalue weighted by molar-refractivity contribution is 7.80. The van der Waals surface area contributed by atoms with Crippen LogP contribution in [0.5, 0.6) is 5.75 Å². The Bertz CT molecular complexity index is 853. The number of anilines is 1. The Morgan fingerprint density at radius 1 is 1.18 bits per heavy atom. The number of benzene rings is 2. The van der Waals surface area contributed by atoms with Crippen molar-refractivity contribution in [3.05, 3.63) is 63.7 Å². The van der Waals surface area contributed by atoms with Crippen molar-refractivity contribution in [3.8, 4) is 5.75 Å². The van der Waals surface area contributed by atoms with Crippen LogP contribution in [0.25, 0.3) is 0 Å². The first-order valence-corrected chi connectivity index (χ1v) is 9.41. The Balaban J connectivity index is 1.92. The molecule has 0 aliphatic rings. The van der Waals surface area contributed by atoms with Gasteiger partial charge in [-0.25, -0.2) is 0 Å². The van der Waals surface area contributed by atoms with Gasteiger partial charge in [0.2, 0.25) is 0 Å². The molecule has 7 nitrogen and oxygen atoms in total. The third-order valence-electron chi connectivity index (χ3n) is 4.04. The first-order valence-electron chi connectivity index (χ1n) is 9.01. The van der Waals surface area contributed by atoms with Gasteiger partial charge in [0.05, 0.1) is 11.5 Å². The standard InChI is InChI=1S/C20H23N3O4S/c1-3-4-5-12-27-17-10-7-15(8-11-17)19(24)22-20(28)21-18-13-16(23(25)26)9-6-14(18)2/h6-11,13H,3-5,12H2,1-2H3,(H2,21,22,24,28). The quantitative estimate of drug-likeness (QED) is 0.291. The van der Waals surface area contributed by atoms with Crippen LogP contribution in [0, 0.1) is 17.0 Å². The summed E-state index contributed by atoms with van der Waals surface area (Å²) in [5, 5.41) is 16.4. The average molecular weight is 401 g/mol. The highest BCUT2D eigenvalue weighted by atomic mass is 32.1. The van der Waals surface area contributed by atoms with Crippen molar-refractivity contribution in [1.82, 2.24) is 5.32 Å². The van der Waals surface area contributed by atoms with Gasteiger partial charge in [-0.05, 0) is 55.4 Å². The minimum absolute atomic E-state index is 0.0586. The van der Waals surface area contributed by atoms with E-state index >= 15 is 0 Å². The van der Waals surface area contributed by atoms with Crippen LogP contribution in [0.4, 0.5) is 11.4 Å². The number of thiocarbonyl (C=S) groups is 1. The Morgan fingerprint density at radius 2 is 1.89 bits per heavy atom. The Hall–Kier alpha value is -3.00. The summed E-state index contributed by atoms with van der Waals surface area (Å²) < 4.78 is 5.62. The lowest BCUT2D eigenvalue weighted by Gasteiger charge is -2.12. The molecule has 0 aliphatic heterocycles. The van der Waals surface area contributed by atoms with Crippen LogP contribution in [-0.4, -0.2) is 22.5 Å². The summed E-state index contributed by atoms with van der Waals surface area (Å²) in [5.74, 6) is 0.332. The Kier molecular flexibility index (Phi) is 7.88. The van der Waals surface area contributed by atoms with Gasteiger partial charge >= 0.3 is 0 Å². The zero-order valence-corrected chi connectivity index (χ0v) is 16.7. The van der Waals surface area contributed by atoms with Crippen molar-refractivity contribution in [2.24, 2.45) is 0 Å². The van der Waals surface area contributed by atoms with Gasteiger partial charge in [0.15, 0.2) is 5.11 Å². The normalized spacial score (nSPS) is 10.2. The van der Waals surface area contributed by atoms with Gasteiger partial charge in [-0.1, -0.05) is 25.8 Å². The largest absolute Gasteiger partial charge is 0.494 e. The number of nitro groups is 1.